The third-order valence-electron chi connectivity index (χ3n) is 3.00. The molecule has 0 fully saturated rings. The van der Waals surface area contributed by atoms with E-state index in [0.29, 0.717) is 16.1 Å². The molecule has 1 aromatic carbocycles. The third-order valence-corrected chi connectivity index (χ3v) is 3.65. The summed E-state index contributed by atoms with van der Waals surface area (Å²) in [6, 6.07) is 3.89. The molecule has 120 valence electrons. The first-order valence-electron chi connectivity index (χ1n) is 6.87. The Morgan fingerprint density at radius 1 is 1.24 bits per heavy atom. The molecular weight excluding hydrogens is 345 g/mol. The lowest BCUT2D eigenvalue weighted by Gasteiger charge is -2.25. The summed E-state index contributed by atoms with van der Waals surface area (Å²) in [5, 5.41) is 3.33. The van der Waals surface area contributed by atoms with Gasteiger partial charge in [0.05, 0.1) is 5.56 Å². The van der Waals surface area contributed by atoms with E-state index in [4.69, 9.17) is 0 Å². The van der Waals surface area contributed by atoms with Gasteiger partial charge in [-0.2, -0.15) is 13.2 Å². The SMILES string of the molecule is CC(C)CC(CN(C)C)Nc1ccc(C(F)(F)F)cc1Br. The van der Waals surface area contributed by atoms with Crippen molar-refractivity contribution in [1.82, 2.24) is 4.90 Å². The van der Waals surface area contributed by atoms with E-state index in [-0.39, 0.29) is 6.04 Å². The highest BCUT2D eigenvalue weighted by molar-refractivity contribution is 9.10. The Balaban J connectivity index is 2.88. The first kappa shape index (κ1) is 18.3. The minimum absolute atomic E-state index is 0.188. The van der Waals surface area contributed by atoms with Crippen molar-refractivity contribution in [1.29, 1.82) is 0 Å². The van der Waals surface area contributed by atoms with Gasteiger partial charge in [-0.25, -0.2) is 0 Å². The molecule has 1 rings (SSSR count). The van der Waals surface area contributed by atoms with Crippen LogP contribution in [0.4, 0.5) is 18.9 Å². The Bertz CT molecular complexity index is 449. The number of rotatable bonds is 6. The molecule has 0 aliphatic rings. The molecular formula is C15H22BrF3N2. The maximum atomic E-state index is 12.7. The predicted octanol–water partition coefficient (Wildman–Crippen LogP) is 4.86. The van der Waals surface area contributed by atoms with Crippen LogP contribution < -0.4 is 5.32 Å². The molecule has 1 aromatic rings. The number of anilines is 1. The molecule has 0 bridgehead atoms. The van der Waals surface area contributed by atoms with Gasteiger partial charge in [-0.15, -0.1) is 0 Å². The second-order valence-electron chi connectivity index (χ2n) is 5.93. The normalized spacial score (nSPS) is 13.8. The van der Waals surface area contributed by atoms with Crippen LogP contribution in [-0.4, -0.2) is 31.6 Å². The number of halogens is 4. The van der Waals surface area contributed by atoms with Crippen molar-refractivity contribution >= 4 is 21.6 Å². The van der Waals surface area contributed by atoms with E-state index >= 15 is 0 Å². The molecule has 0 aromatic heterocycles. The molecule has 0 aliphatic heterocycles. The Morgan fingerprint density at radius 2 is 1.86 bits per heavy atom. The Hall–Kier alpha value is -0.750. The summed E-state index contributed by atoms with van der Waals surface area (Å²) < 4.78 is 38.4. The van der Waals surface area contributed by atoms with Crippen molar-refractivity contribution in [3.8, 4) is 0 Å². The standard InChI is InChI=1S/C15H22BrF3N2/c1-10(2)7-12(9-21(3)4)20-14-6-5-11(8-13(14)16)15(17,18)19/h5-6,8,10,12,20H,7,9H2,1-4H3. The molecule has 1 N–H and O–H groups in total. The van der Waals surface area contributed by atoms with Gasteiger partial charge < -0.3 is 10.2 Å². The molecule has 0 heterocycles. The van der Waals surface area contributed by atoms with E-state index in [1.54, 1.807) is 0 Å². The smallest absolute Gasteiger partial charge is 0.380 e. The van der Waals surface area contributed by atoms with Crippen LogP contribution in [0.3, 0.4) is 0 Å². The van der Waals surface area contributed by atoms with Crippen molar-refractivity contribution in [2.24, 2.45) is 5.92 Å². The van der Waals surface area contributed by atoms with E-state index in [2.05, 4.69) is 40.0 Å². The molecule has 2 nitrogen and oxygen atoms in total. The van der Waals surface area contributed by atoms with Gasteiger partial charge in [-0.3, -0.25) is 0 Å². The summed E-state index contributed by atoms with van der Waals surface area (Å²) in [4.78, 5) is 2.07. The lowest BCUT2D eigenvalue weighted by Crippen LogP contribution is -2.33. The van der Waals surface area contributed by atoms with Crippen LogP contribution in [0.25, 0.3) is 0 Å². The molecule has 0 aliphatic carbocycles. The topological polar surface area (TPSA) is 15.3 Å². The molecule has 0 spiro atoms. The van der Waals surface area contributed by atoms with E-state index < -0.39 is 11.7 Å². The van der Waals surface area contributed by atoms with Crippen LogP contribution in [0, 0.1) is 5.92 Å². The van der Waals surface area contributed by atoms with Crippen LogP contribution in [0.2, 0.25) is 0 Å². The number of hydrogen-bond donors (Lipinski definition) is 1. The summed E-state index contributed by atoms with van der Waals surface area (Å²) in [6.45, 7) is 5.09. The lowest BCUT2D eigenvalue weighted by molar-refractivity contribution is -0.137. The fourth-order valence-electron chi connectivity index (χ4n) is 2.22. The largest absolute Gasteiger partial charge is 0.416 e. The maximum Gasteiger partial charge on any atom is 0.416 e. The number of alkyl halides is 3. The number of nitrogens with one attached hydrogen (secondary N) is 1. The fraction of sp³-hybridized carbons (Fsp3) is 0.600. The summed E-state index contributed by atoms with van der Waals surface area (Å²) in [6.07, 6.45) is -3.37. The summed E-state index contributed by atoms with van der Waals surface area (Å²) in [7, 11) is 3.97. The van der Waals surface area contributed by atoms with Gasteiger partial charge in [0.1, 0.15) is 0 Å². The average molecular weight is 367 g/mol. The zero-order valence-corrected chi connectivity index (χ0v) is 14.3. The van der Waals surface area contributed by atoms with Gasteiger partial charge in [0.15, 0.2) is 0 Å². The molecule has 1 unspecified atom stereocenters. The summed E-state index contributed by atoms with van der Waals surface area (Å²) in [5.41, 5.74) is 0.0449. The molecule has 0 saturated carbocycles. The quantitative estimate of drug-likeness (QED) is 0.773. The van der Waals surface area contributed by atoms with Crippen LogP contribution in [-0.2, 0) is 6.18 Å². The molecule has 21 heavy (non-hydrogen) atoms. The molecule has 0 radical (unpaired) electrons. The molecule has 6 heteroatoms. The molecule has 0 amide bonds. The average Bonchev–Trinajstić information content (AvgIpc) is 2.28. The summed E-state index contributed by atoms with van der Waals surface area (Å²) in [5.74, 6) is 0.510. The Morgan fingerprint density at radius 3 is 2.29 bits per heavy atom. The van der Waals surface area contributed by atoms with Crippen molar-refractivity contribution < 1.29 is 13.2 Å². The predicted molar refractivity (Wildman–Crippen MR) is 84.6 cm³/mol. The van der Waals surface area contributed by atoms with Crippen LogP contribution in [0.5, 0.6) is 0 Å². The highest BCUT2D eigenvalue weighted by Gasteiger charge is 2.30. The second-order valence-corrected chi connectivity index (χ2v) is 6.78. The monoisotopic (exact) mass is 366 g/mol. The van der Waals surface area contributed by atoms with E-state index in [0.717, 1.165) is 25.1 Å². The fourth-order valence-corrected chi connectivity index (χ4v) is 2.71. The van der Waals surface area contributed by atoms with Crippen LogP contribution in [0.15, 0.2) is 22.7 Å². The van der Waals surface area contributed by atoms with Crippen LogP contribution in [0.1, 0.15) is 25.8 Å². The van der Waals surface area contributed by atoms with E-state index in [1.165, 1.54) is 6.07 Å². The first-order valence-corrected chi connectivity index (χ1v) is 7.67. The zero-order valence-electron chi connectivity index (χ0n) is 12.8. The van der Waals surface area contributed by atoms with Gasteiger partial charge in [-0.1, -0.05) is 13.8 Å². The second kappa shape index (κ2) is 7.49. The molecule has 1 atom stereocenters. The Kier molecular flexibility index (Phi) is 6.53. The lowest BCUT2D eigenvalue weighted by atomic mass is 10.0. The minimum Gasteiger partial charge on any atom is -0.380 e. The van der Waals surface area contributed by atoms with E-state index in [9.17, 15) is 13.2 Å². The van der Waals surface area contributed by atoms with Gasteiger partial charge >= 0.3 is 6.18 Å². The number of likely N-dealkylation sites (N-methyl/N-ethyl adjacent to an activating group) is 1. The van der Waals surface area contributed by atoms with E-state index in [1.807, 2.05) is 14.1 Å². The van der Waals surface area contributed by atoms with Crippen molar-refractivity contribution in [3.05, 3.63) is 28.2 Å². The first-order chi connectivity index (χ1) is 9.59. The zero-order chi connectivity index (χ0) is 16.2. The van der Waals surface area contributed by atoms with Crippen molar-refractivity contribution in [2.75, 3.05) is 26.0 Å². The number of hydrogen-bond acceptors (Lipinski definition) is 2. The van der Waals surface area contributed by atoms with Gasteiger partial charge in [-0.05, 0) is 60.6 Å². The summed E-state index contributed by atoms with van der Waals surface area (Å²) >= 11 is 3.22. The maximum absolute atomic E-state index is 12.7. The molecule has 0 saturated heterocycles. The third kappa shape index (κ3) is 6.26. The highest BCUT2D eigenvalue weighted by Crippen LogP contribution is 2.34. The van der Waals surface area contributed by atoms with Gasteiger partial charge in [0.25, 0.3) is 0 Å². The van der Waals surface area contributed by atoms with Crippen molar-refractivity contribution in [3.63, 3.8) is 0 Å². The number of nitrogens with zero attached hydrogens (tertiary/aromatic N) is 1. The van der Waals surface area contributed by atoms with Crippen LogP contribution >= 0.6 is 15.9 Å². The Labute approximate surface area is 132 Å². The van der Waals surface area contributed by atoms with Gasteiger partial charge in [0, 0.05) is 22.7 Å². The number of benzene rings is 1. The van der Waals surface area contributed by atoms with Gasteiger partial charge in [0.2, 0.25) is 0 Å². The minimum atomic E-state index is -4.32. The van der Waals surface area contributed by atoms with Crippen molar-refractivity contribution in [2.45, 2.75) is 32.5 Å². The highest BCUT2D eigenvalue weighted by atomic mass is 79.9.